The van der Waals surface area contributed by atoms with E-state index in [2.05, 4.69) is 5.32 Å². The summed E-state index contributed by atoms with van der Waals surface area (Å²) in [4.78, 5) is 10.6. The van der Waals surface area contributed by atoms with Crippen LogP contribution in [0.25, 0.3) is 0 Å². The van der Waals surface area contributed by atoms with Gasteiger partial charge >= 0.3 is 5.69 Å². The van der Waals surface area contributed by atoms with Crippen molar-refractivity contribution in [3.8, 4) is 5.75 Å². The fraction of sp³-hybridized carbons (Fsp3) is 0.600. The van der Waals surface area contributed by atoms with Gasteiger partial charge in [0.25, 0.3) is 0 Å². The van der Waals surface area contributed by atoms with E-state index in [9.17, 15) is 10.1 Å². The largest absolute Gasteiger partial charge is 0.490 e. The predicted octanol–water partition coefficient (Wildman–Crippen LogP) is 2.65. The summed E-state index contributed by atoms with van der Waals surface area (Å²) in [5.41, 5.74) is 0.788. The van der Waals surface area contributed by atoms with Crippen LogP contribution in [-0.4, -0.2) is 31.2 Å². The fourth-order valence-electron chi connectivity index (χ4n) is 2.70. The summed E-state index contributed by atoms with van der Waals surface area (Å²) in [5.74, 6) is 0.276. The zero-order valence-electron chi connectivity index (χ0n) is 12.5. The molecule has 0 aliphatic heterocycles. The van der Waals surface area contributed by atoms with E-state index < -0.39 is 4.92 Å². The minimum atomic E-state index is -0.430. The van der Waals surface area contributed by atoms with Gasteiger partial charge < -0.3 is 14.8 Å². The number of nitrogens with zero attached hydrogens (tertiary/aromatic N) is 1. The molecule has 1 aliphatic rings. The van der Waals surface area contributed by atoms with E-state index in [1.54, 1.807) is 6.07 Å². The zero-order chi connectivity index (χ0) is 15.2. The van der Waals surface area contributed by atoms with Crippen molar-refractivity contribution in [2.75, 3.05) is 14.2 Å². The lowest BCUT2D eigenvalue weighted by molar-refractivity contribution is -0.385. The van der Waals surface area contributed by atoms with Crippen LogP contribution in [0.5, 0.6) is 5.75 Å². The van der Waals surface area contributed by atoms with Crippen LogP contribution in [0.4, 0.5) is 5.69 Å². The first kappa shape index (κ1) is 15.7. The first-order valence-electron chi connectivity index (χ1n) is 7.24. The van der Waals surface area contributed by atoms with Crippen molar-refractivity contribution >= 4 is 5.69 Å². The summed E-state index contributed by atoms with van der Waals surface area (Å²) in [7, 11) is 3.42. The minimum absolute atomic E-state index is 0.0162. The van der Waals surface area contributed by atoms with Gasteiger partial charge in [0.05, 0.1) is 24.7 Å². The highest BCUT2D eigenvalue weighted by molar-refractivity contribution is 5.48. The van der Waals surface area contributed by atoms with Gasteiger partial charge in [0.2, 0.25) is 0 Å². The van der Waals surface area contributed by atoms with Gasteiger partial charge in [-0.3, -0.25) is 10.1 Å². The lowest BCUT2D eigenvalue weighted by atomic mass is 9.93. The third-order valence-corrected chi connectivity index (χ3v) is 4.01. The molecule has 1 saturated carbocycles. The Bertz CT molecular complexity index is 485. The number of ether oxygens (including phenoxy) is 2. The van der Waals surface area contributed by atoms with E-state index in [0.29, 0.717) is 12.6 Å². The molecule has 21 heavy (non-hydrogen) atoms. The van der Waals surface area contributed by atoms with Gasteiger partial charge in [-0.25, -0.2) is 0 Å². The number of nitrogens with one attached hydrogen (secondary N) is 1. The van der Waals surface area contributed by atoms with Crippen molar-refractivity contribution in [2.45, 2.75) is 44.4 Å². The number of benzene rings is 1. The first-order valence-corrected chi connectivity index (χ1v) is 7.24. The molecule has 6 nitrogen and oxygen atoms in total. The van der Waals surface area contributed by atoms with E-state index in [-0.39, 0.29) is 17.5 Å². The number of nitro benzene ring substituents is 1. The summed E-state index contributed by atoms with van der Waals surface area (Å²) in [6.07, 6.45) is 4.54. The number of hydrogen-bond donors (Lipinski definition) is 1. The average molecular weight is 294 g/mol. The SMILES string of the molecule is CNC1CCC(OCc2ccc(OC)c([N+](=O)[O-])c2)CC1. The molecule has 6 heteroatoms. The van der Waals surface area contributed by atoms with E-state index in [0.717, 1.165) is 31.2 Å². The summed E-state index contributed by atoms with van der Waals surface area (Å²) >= 11 is 0. The van der Waals surface area contributed by atoms with E-state index in [4.69, 9.17) is 9.47 Å². The normalized spacial score (nSPS) is 22.0. The number of nitro groups is 1. The molecular weight excluding hydrogens is 272 g/mol. The lowest BCUT2D eigenvalue weighted by Crippen LogP contribution is -2.32. The summed E-state index contributed by atoms with van der Waals surface area (Å²) in [6.45, 7) is 0.403. The maximum absolute atomic E-state index is 11.0. The van der Waals surface area contributed by atoms with Gasteiger partial charge in [-0.15, -0.1) is 0 Å². The highest BCUT2D eigenvalue weighted by atomic mass is 16.6. The second-order valence-corrected chi connectivity index (χ2v) is 5.34. The molecule has 0 spiro atoms. The van der Waals surface area contributed by atoms with Crippen LogP contribution in [0, 0.1) is 10.1 Å². The van der Waals surface area contributed by atoms with Crippen LogP contribution in [-0.2, 0) is 11.3 Å². The molecule has 116 valence electrons. The first-order chi connectivity index (χ1) is 10.1. The Kier molecular flexibility index (Phi) is 5.52. The Morgan fingerprint density at radius 2 is 2.05 bits per heavy atom. The maximum atomic E-state index is 11.0. The van der Waals surface area contributed by atoms with Gasteiger partial charge in [-0.1, -0.05) is 6.07 Å². The smallest absolute Gasteiger partial charge is 0.311 e. The fourth-order valence-corrected chi connectivity index (χ4v) is 2.70. The summed E-state index contributed by atoms with van der Waals surface area (Å²) in [5, 5.41) is 14.3. The Morgan fingerprint density at radius 3 is 2.62 bits per heavy atom. The van der Waals surface area contributed by atoms with Gasteiger partial charge in [0.15, 0.2) is 5.75 Å². The van der Waals surface area contributed by atoms with Crippen molar-refractivity contribution in [1.82, 2.24) is 5.32 Å². The van der Waals surface area contributed by atoms with Gasteiger partial charge in [-0.2, -0.15) is 0 Å². The number of rotatable bonds is 6. The molecule has 1 aromatic carbocycles. The second-order valence-electron chi connectivity index (χ2n) is 5.34. The van der Waals surface area contributed by atoms with Crippen molar-refractivity contribution in [3.63, 3.8) is 0 Å². The van der Waals surface area contributed by atoms with E-state index in [1.807, 2.05) is 13.1 Å². The molecule has 1 N–H and O–H groups in total. The highest BCUT2D eigenvalue weighted by Gasteiger charge is 2.21. The Hall–Kier alpha value is -1.66. The van der Waals surface area contributed by atoms with Crippen LogP contribution in [0.15, 0.2) is 18.2 Å². The van der Waals surface area contributed by atoms with Crippen LogP contribution >= 0.6 is 0 Å². The molecule has 0 radical (unpaired) electrons. The van der Waals surface area contributed by atoms with E-state index in [1.165, 1.54) is 13.2 Å². The molecule has 0 unspecified atom stereocenters. The molecule has 1 fully saturated rings. The summed E-state index contributed by atoms with van der Waals surface area (Å²) in [6, 6.07) is 5.55. The van der Waals surface area contributed by atoms with Crippen molar-refractivity contribution in [3.05, 3.63) is 33.9 Å². The third-order valence-electron chi connectivity index (χ3n) is 4.01. The number of hydrogen-bond acceptors (Lipinski definition) is 5. The highest BCUT2D eigenvalue weighted by Crippen LogP contribution is 2.28. The van der Waals surface area contributed by atoms with Crippen LogP contribution in [0.3, 0.4) is 0 Å². The van der Waals surface area contributed by atoms with Crippen LogP contribution in [0.1, 0.15) is 31.2 Å². The molecular formula is C15H22N2O4. The zero-order valence-corrected chi connectivity index (χ0v) is 12.5. The average Bonchev–Trinajstić information content (AvgIpc) is 2.53. The predicted molar refractivity (Wildman–Crippen MR) is 79.5 cm³/mol. The van der Waals surface area contributed by atoms with Gasteiger partial charge in [0, 0.05) is 12.1 Å². The van der Waals surface area contributed by atoms with Gasteiger partial charge in [-0.05, 0) is 44.4 Å². The molecule has 0 aromatic heterocycles. The van der Waals surface area contributed by atoms with Crippen molar-refractivity contribution in [1.29, 1.82) is 0 Å². The quantitative estimate of drug-likeness (QED) is 0.645. The molecule has 0 saturated heterocycles. The van der Waals surface area contributed by atoms with E-state index >= 15 is 0 Å². The molecule has 1 aromatic rings. The maximum Gasteiger partial charge on any atom is 0.311 e. The second kappa shape index (κ2) is 7.38. The number of methoxy groups -OCH3 is 1. The molecule has 0 bridgehead atoms. The molecule has 0 amide bonds. The molecule has 2 rings (SSSR count). The topological polar surface area (TPSA) is 73.6 Å². The Balaban J connectivity index is 1.92. The van der Waals surface area contributed by atoms with Gasteiger partial charge in [0.1, 0.15) is 0 Å². The van der Waals surface area contributed by atoms with Crippen LogP contribution in [0.2, 0.25) is 0 Å². The molecule has 1 aliphatic carbocycles. The summed E-state index contributed by atoms with van der Waals surface area (Å²) < 4.78 is 10.9. The Morgan fingerprint density at radius 1 is 1.33 bits per heavy atom. The van der Waals surface area contributed by atoms with Crippen molar-refractivity contribution in [2.24, 2.45) is 0 Å². The monoisotopic (exact) mass is 294 g/mol. The minimum Gasteiger partial charge on any atom is -0.490 e. The molecule has 0 heterocycles. The van der Waals surface area contributed by atoms with Crippen LogP contribution < -0.4 is 10.1 Å². The lowest BCUT2D eigenvalue weighted by Gasteiger charge is -2.28. The Labute approximate surface area is 124 Å². The third kappa shape index (κ3) is 4.15. The standard InChI is InChI=1S/C15H22N2O4/c1-16-12-4-6-13(7-5-12)21-10-11-3-8-15(20-2)14(9-11)17(18)19/h3,8-9,12-13,16H,4-7,10H2,1-2H3. The van der Waals surface area contributed by atoms with Crippen molar-refractivity contribution < 1.29 is 14.4 Å². The molecule has 0 atom stereocenters.